The average molecular weight is 814 g/mol. The summed E-state index contributed by atoms with van der Waals surface area (Å²) in [5.74, 6) is 0. The number of hydrogen-bond donors (Lipinski definition) is 0. The summed E-state index contributed by atoms with van der Waals surface area (Å²) in [4.78, 5) is 2.40. The summed E-state index contributed by atoms with van der Waals surface area (Å²) in [5, 5.41) is 4.93. The van der Waals surface area contributed by atoms with Crippen molar-refractivity contribution in [2.75, 3.05) is 4.90 Å². The molecule has 300 valence electrons. The molecule has 0 spiro atoms. The van der Waals surface area contributed by atoms with Crippen LogP contribution >= 0.6 is 0 Å². The number of benzene rings is 11. The minimum Gasteiger partial charge on any atom is -0.310 e. The van der Waals surface area contributed by atoms with Crippen LogP contribution in [-0.4, -0.2) is 0 Å². The second-order valence-electron chi connectivity index (χ2n) is 16.8. The first kappa shape index (κ1) is 37.5. The molecule has 11 aromatic rings. The monoisotopic (exact) mass is 813 g/mol. The number of anilines is 3. The number of hydrogen-bond acceptors (Lipinski definition) is 1. The van der Waals surface area contributed by atoms with Gasteiger partial charge in [-0.25, -0.2) is 0 Å². The Labute approximate surface area is 374 Å². The zero-order valence-electron chi connectivity index (χ0n) is 35.3. The van der Waals surface area contributed by atoms with Gasteiger partial charge in [-0.2, -0.15) is 0 Å². The Morgan fingerprint density at radius 1 is 0.266 bits per heavy atom. The van der Waals surface area contributed by atoms with Crippen LogP contribution in [-0.2, 0) is 5.41 Å². The fourth-order valence-corrected chi connectivity index (χ4v) is 10.4. The second kappa shape index (κ2) is 15.6. The molecule has 0 fully saturated rings. The highest BCUT2D eigenvalue weighted by molar-refractivity contribution is 6.00. The van der Waals surface area contributed by atoms with E-state index >= 15 is 0 Å². The van der Waals surface area contributed by atoms with E-state index in [4.69, 9.17) is 0 Å². The molecule has 1 aliphatic carbocycles. The van der Waals surface area contributed by atoms with Crippen molar-refractivity contribution in [1.29, 1.82) is 0 Å². The van der Waals surface area contributed by atoms with E-state index in [2.05, 4.69) is 266 Å². The summed E-state index contributed by atoms with van der Waals surface area (Å²) in [6, 6.07) is 95.8. The zero-order chi connectivity index (χ0) is 42.5. The van der Waals surface area contributed by atoms with Crippen LogP contribution in [0.5, 0.6) is 0 Å². The van der Waals surface area contributed by atoms with Crippen molar-refractivity contribution in [3.63, 3.8) is 0 Å². The summed E-state index contributed by atoms with van der Waals surface area (Å²) >= 11 is 0. The molecule has 1 unspecified atom stereocenters. The second-order valence-corrected chi connectivity index (χ2v) is 16.8. The van der Waals surface area contributed by atoms with E-state index in [0.29, 0.717) is 0 Å². The summed E-state index contributed by atoms with van der Waals surface area (Å²) in [6.45, 7) is 0. The maximum atomic E-state index is 2.42. The van der Waals surface area contributed by atoms with Gasteiger partial charge < -0.3 is 4.90 Å². The topological polar surface area (TPSA) is 3.24 Å². The van der Waals surface area contributed by atoms with Crippen LogP contribution in [0.25, 0.3) is 66.1 Å². The molecular formula is C63H43N. The molecule has 12 rings (SSSR count). The Balaban J connectivity index is 0.966. The third-order valence-corrected chi connectivity index (χ3v) is 13.3. The Morgan fingerprint density at radius 3 is 1.52 bits per heavy atom. The zero-order valence-corrected chi connectivity index (χ0v) is 35.3. The molecule has 1 atom stereocenters. The normalized spacial score (nSPS) is 14.0. The lowest BCUT2D eigenvalue weighted by Crippen LogP contribution is -2.28. The average Bonchev–Trinajstić information content (AvgIpc) is 3.68. The van der Waals surface area contributed by atoms with Crippen LogP contribution in [0.15, 0.2) is 261 Å². The van der Waals surface area contributed by atoms with Crippen LogP contribution in [0.4, 0.5) is 17.1 Å². The van der Waals surface area contributed by atoms with E-state index in [-0.39, 0.29) is 0 Å². The van der Waals surface area contributed by atoms with Crippen molar-refractivity contribution in [2.45, 2.75) is 5.41 Å². The van der Waals surface area contributed by atoms with Crippen LogP contribution < -0.4 is 4.90 Å². The lowest BCUT2D eigenvalue weighted by molar-refractivity contribution is 0.769. The number of fused-ring (bicyclic) bond motifs is 5. The quantitative estimate of drug-likeness (QED) is 0.148. The van der Waals surface area contributed by atoms with E-state index in [1.807, 2.05) is 0 Å². The molecule has 1 heteroatoms. The Hall–Kier alpha value is -8.26. The summed E-state index contributed by atoms with van der Waals surface area (Å²) in [5.41, 5.74) is 17.8. The number of nitrogens with zero attached hydrogens (tertiary/aromatic N) is 1. The third-order valence-electron chi connectivity index (χ3n) is 13.3. The van der Waals surface area contributed by atoms with Gasteiger partial charge >= 0.3 is 0 Å². The molecule has 0 bridgehead atoms. The molecule has 0 aromatic heterocycles. The van der Waals surface area contributed by atoms with E-state index in [1.54, 1.807) is 0 Å². The van der Waals surface area contributed by atoms with Gasteiger partial charge in [0.2, 0.25) is 0 Å². The molecule has 0 aliphatic heterocycles. The van der Waals surface area contributed by atoms with Crippen LogP contribution in [0.2, 0.25) is 0 Å². The molecule has 1 nitrogen and oxygen atoms in total. The predicted molar refractivity (Wildman–Crippen MR) is 270 cm³/mol. The Morgan fingerprint density at radius 2 is 0.750 bits per heavy atom. The molecule has 0 saturated carbocycles. The van der Waals surface area contributed by atoms with Crippen molar-refractivity contribution >= 4 is 38.6 Å². The maximum Gasteiger partial charge on any atom is 0.0713 e. The Kier molecular flexibility index (Phi) is 9.13. The van der Waals surface area contributed by atoms with Gasteiger partial charge in [-0.3, -0.25) is 0 Å². The lowest BCUT2D eigenvalue weighted by atomic mass is 9.67. The third kappa shape index (κ3) is 6.16. The largest absolute Gasteiger partial charge is 0.310 e. The van der Waals surface area contributed by atoms with Gasteiger partial charge in [0.1, 0.15) is 0 Å². The summed E-state index contributed by atoms with van der Waals surface area (Å²) in [7, 11) is 0. The van der Waals surface area contributed by atoms with Crippen LogP contribution in [0.3, 0.4) is 0 Å². The van der Waals surface area contributed by atoms with Gasteiger partial charge in [-0.15, -0.1) is 0 Å². The van der Waals surface area contributed by atoms with Gasteiger partial charge in [-0.05, 0) is 125 Å². The lowest BCUT2D eigenvalue weighted by Gasteiger charge is -2.34. The first-order valence-corrected chi connectivity index (χ1v) is 22.2. The molecule has 1 aliphatic rings. The molecule has 0 radical (unpaired) electrons. The highest BCUT2D eigenvalue weighted by atomic mass is 15.1. The minimum absolute atomic E-state index is 0.484. The van der Waals surface area contributed by atoms with Crippen molar-refractivity contribution in [3.05, 3.63) is 283 Å². The van der Waals surface area contributed by atoms with E-state index in [9.17, 15) is 0 Å². The van der Waals surface area contributed by atoms with E-state index < -0.39 is 5.41 Å². The smallest absolute Gasteiger partial charge is 0.0713 e. The molecule has 0 saturated heterocycles. The van der Waals surface area contributed by atoms with Crippen LogP contribution in [0, 0.1) is 0 Å². The summed E-state index contributed by atoms with van der Waals surface area (Å²) < 4.78 is 0. The fraction of sp³-hybridized carbons (Fsp3) is 0.0159. The van der Waals surface area contributed by atoms with Crippen molar-refractivity contribution in [2.24, 2.45) is 0 Å². The van der Waals surface area contributed by atoms with Gasteiger partial charge in [0.05, 0.1) is 11.1 Å². The van der Waals surface area contributed by atoms with Crippen molar-refractivity contribution in [3.8, 4) is 44.5 Å². The minimum atomic E-state index is -0.484. The van der Waals surface area contributed by atoms with Gasteiger partial charge in [0.15, 0.2) is 0 Å². The van der Waals surface area contributed by atoms with Crippen molar-refractivity contribution in [1.82, 2.24) is 0 Å². The maximum absolute atomic E-state index is 2.42. The molecule has 0 heterocycles. The first-order valence-electron chi connectivity index (χ1n) is 22.2. The molecule has 0 amide bonds. The molecule has 0 N–H and O–H groups in total. The van der Waals surface area contributed by atoms with E-state index in [1.165, 1.54) is 88.3 Å². The fourth-order valence-electron chi connectivity index (χ4n) is 10.4. The first-order chi connectivity index (χ1) is 31.7. The predicted octanol–water partition coefficient (Wildman–Crippen LogP) is 16.8. The van der Waals surface area contributed by atoms with Crippen LogP contribution in [0.1, 0.15) is 22.3 Å². The Bertz CT molecular complexity index is 3470. The molecule has 11 aromatic carbocycles. The summed E-state index contributed by atoms with van der Waals surface area (Å²) in [6.07, 6.45) is 0. The number of rotatable bonds is 8. The molecule has 64 heavy (non-hydrogen) atoms. The highest BCUT2D eigenvalue weighted by Crippen LogP contribution is 2.57. The van der Waals surface area contributed by atoms with Crippen molar-refractivity contribution < 1.29 is 0 Å². The highest BCUT2D eigenvalue weighted by Gasteiger charge is 2.46. The van der Waals surface area contributed by atoms with Gasteiger partial charge in [0.25, 0.3) is 0 Å². The van der Waals surface area contributed by atoms with Gasteiger partial charge in [0, 0.05) is 16.8 Å². The SMILES string of the molecule is c1ccc(-c2cccc(C3(c4ccccc4)c4ccccc4-c4cc(-c5ccc(N(c6ccc(-c7cccc8ccccc78)cc6)c6cccc7ccccc67)cc5)ccc43)c2)cc1. The standard InChI is InChI=1S/C63H43N/c1-3-16-44(17-4-1)49-22-13-25-52(42-49)63(51-23-5-2-6-24-51)60-30-12-11-28-58(60)59-43-50(36-41-61(59)63)45-32-37-53(38-33-45)64(62-31-15-21-47-19-8-10-27-57(47)62)54-39-34-48(35-40-54)56-29-14-20-46-18-7-9-26-55(46)56/h1-43H. The molecular weight excluding hydrogens is 771 g/mol. The van der Waals surface area contributed by atoms with Gasteiger partial charge in [-0.1, -0.05) is 218 Å². The van der Waals surface area contributed by atoms with E-state index in [0.717, 1.165) is 17.1 Å².